The standard InChI is InChI=1S/C16H26N4O/c1-12(2)6-5-7-13(3)18-15-8-9-20(16(15)21)14-10-17-19(4)11-14/h6,10-11,13,15,18H,5,7-9H2,1-4H3. The van der Waals surface area contributed by atoms with E-state index in [-0.39, 0.29) is 11.9 Å². The van der Waals surface area contributed by atoms with E-state index in [0.717, 1.165) is 31.5 Å². The highest BCUT2D eigenvalue weighted by Crippen LogP contribution is 2.21. The fraction of sp³-hybridized carbons (Fsp3) is 0.625. The molecule has 2 heterocycles. The van der Waals surface area contributed by atoms with Crippen LogP contribution in [0.25, 0.3) is 0 Å². The van der Waals surface area contributed by atoms with Crippen LogP contribution in [0, 0.1) is 0 Å². The van der Waals surface area contributed by atoms with Gasteiger partial charge in [0.05, 0.1) is 17.9 Å². The van der Waals surface area contributed by atoms with E-state index < -0.39 is 0 Å². The molecule has 1 aliphatic rings. The van der Waals surface area contributed by atoms with Crippen LogP contribution >= 0.6 is 0 Å². The molecule has 0 saturated carbocycles. The van der Waals surface area contributed by atoms with E-state index >= 15 is 0 Å². The Kier molecular flexibility index (Phi) is 5.17. The molecule has 0 aromatic carbocycles. The number of rotatable bonds is 6. The Morgan fingerprint density at radius 3 is 2.95 bits per heavy atom. The van der Waals surface area contributed by atoms with Crippen LogP contribution in [0.2, 0.25) is 0 Å². The van der Waals surface area contributed by atoms with Gasteiger partial charge in [-0.3, -0.25) is 9.48 Å². The third-order valence-corrected chi connectivity index (χ3v) is 3.85. The van der Waals surface area contributed by atoms with Crippen LogP contribution in [0.4, 0.5) is 5.69 Å². The highest BCUT2D eigenvalue weighted by molar-refractivity contribution is 5.99. The first-order chi connectivity index (χ1) is 9.97. The maximum atomic E-state index is 12.4. The zero-order chi connectivity index (χ0) is 15.4. The summed E-state index contributed by atoms with van der Waals surface area (Å²) in [4.78, 5) is 14.3. The SMILES string of the molecule is CC(C)=CCCC(C)NC1CCN(c2cnn(C)c2)C1=O. The average molecular weight is 290 g/mol. The van der Waals surface area contributed by atoms with E-state index in [9.17, 15) is 4.79 Å². The maximum Gasteiger partial charge on any atom is 0.244 e. The van der Waals surface area contributed by atoms with Crippen LogP contribution in [0.5, 0.6) is 0 Å². The summed E-state index contributed by atoms with van der Waals surface area (Å²) in [6, 6.07) is 0.287. The number of allylic oxidation sites excluding steroid dienone is 2. The van der Waals surface area contributed by atoms with Gasteiger partial charge in [-0.25, -0.2) is 0 Å². The average Bonchev–Trinajstić information content (AvgIpc) is 2.97. The molecule has 1 N–H and O–H groups in total. The molecule has 5 heteroatoms. The van der Waals surface area contributed by atoms with Crippen molar-refractivity contribution in [2.75, 3.05) is 11.4 Å². The summed E-state index contributed by atoms with van der Waals surface area (Å²) < 4.78 is 1.73. The predicted molar refractivity (Wildman–Crippen MR) is 85.2 cm³/mol. The lowest BCUT2D eigenvalue weighted by Crippen LogP contribution is -2.42. The first kappa shape index (κ1) is 15.8. The van der Waals surface area contributed by atoms with Crippen LogP contribution in [0.3, 0.4) is 0 Å². The van der Waals surface area contributed by atoms with Gasteiger partial charge in [0.1, 0.15) is 0 Å². The van der Waals surface area contributed by atoms with Crippen molar-refractivity contribution in [1.29, 1.82) is 0 Å². The van der Waals surface area contributed by atoms with Crippen molar-refractivity contribution in [1.82, 2.24) is 15.1 Å². The molecule has 2 rings (SSSR count). The highest BCUT2D eigenvalue weighted by Gasteiger charge is 2.33. The molecule has 21 heavy (non-hydrogen) atoms. The number of hydrogen-bond donors (Lipinski definition) is 1. The second-order valence-corrected chi connectivity index (χ2v) is 6.13. The molecular formula is C16H26N4O. The quantitative estimate of drug-likeness (QED) is 0.818. The number of amides is 1. The van der Waals surface area contributed by atoms with E-state index in [0.29, 0.717) is 6.04 Å². The summed E-state index contributed by atoms with van der Waals surface area (Å²) >= 11 is 0. The Hall–Kier alpha value is -1.62. The minimum Gasteiger partial charge on any atom is -0.308 e. The molecule has 1 saturated heterocycles. The monoisotopic (exact) mass is 290 g/mol. The van der Waals surface area contributed by atoms with E-state index in [1.54, 1.807) is 10.9 Å². The number of carbonyl (C=O) groups is 1. The van der Waals surface area contributed by atoms with Crippen LogP contribution in [-0.4, -0.2) is 34.3 Å². The molecule has 116 valence electrons. The van der Waals surface area contributed by atoms with E-state index in [2.05, 4.69) is 37.3 Å². The lowest BCUT2D eigenvalue weighted by atomic mass is 10.1. The van der Waals surface area contributed by atoms with Crippen LogP contribution in [0.15, 0.2) is 24.0 Å². The minimum absolute atomic E-state index is 0.0630. The number of aryl methyl sites for hydroxylation is 1. The summed E-state index contributed by atoms with van der Waals surface area (Å²) in [6.07, 6.45) is 8.86. The summed E-state index contributed by atoms with van der Waals surface area (Å²) in [5.41, 5.74) is 2.24. The molecule has 2 atom stereocenters. The largest absolute Gasteiger partial charge is 0.308 e. The third kappa shape index (κ3) is 4.17. The normalized spacial score (nSPS) is 19.9. The molecule has 0 aliphatic carbocycles. The van der Waals surface area contributed by atoms with Crippen molar-refractivity contribution in [3.8, 4) is 0 Å². The maximum absolute atomic E-state index is 12.4. The van der Waals surface area contributed by atoms with Crippen molar-refractivity contribution in [2.45, 2.75) is 52.1 Å². The Labute approximate surface area is 127 Å². The lowest BCUT2D eigenvalue weighted by Gasteiger charge is -2.19. The molecule has 2 unspecified atom stereocenters. The lowest BCUT2D eigenvalue weighted by molar-refractivity contribution is -0.119. The number of nitrogens with zero attached hydrogens (tertiary/aromatic N) is 3. The van der Waals surface area contributed by atoms with Gasteiger partial charge >= 0.3 is 0 Å². The third-order valence-electron chi connectivity index (χ3n) is 3.85. The number of carbonyl (C=O) groups excluding carboxylic acids is 1. The minimum atomic E-state index is -0.0630. The van der Waals surface area contributed by atoms with Gasteiger partial charge in [0, 0.05) is 25.8 Å². The first-order valence-corrected chi connectivity index (χ1v) is 7.67. The van der Waals surface area contributed by atoms with Crippen LogP contribution in [-0.2, 0) is 11.8 Å². The van der Waals surface area contributed by atoms with Crippen LogP contribution < -0.4 is 10.2 Å². The van der Waals surface area contributed by atoms with E-state index in [1.165, 1.54) is 5.57 Å². The zero-order valence-corrected chi connectivity index (χ0v) is 13.5. The second-order valence-electron chi connectivity index (χ2n) is 6.13. The van der Waals surface area contributed by atoms with Gasteiger partial charge < -0.3 is 10.2 Å². The first-order valence-electron chi connectivity index (χ1n) is 7.67. The van der Waals surface area contributed by atoms with Crippen molar-refractivity contribution in [3.05, 3.63) is 24.0 Å². The van der Waals surface area contributed by atoms with Gasteiger partial charge in [0.2, 0.25) is 5.91 Å². The molecule has 0 radical (unpaired) electrons. The molecule has 1 fully saturated rings. The summed E-state index contributed by atoms with van der Waals surface area (Å²) in [5.74, 6) is 0.164. The molecule has 0 bridgehead atoms. The summed E-state index contributed by atoms with van der Waals surface area (Å²) in [7, 11) is 1.87. The van der Waals surface area contributed by atoms with Gasteiger partial charge in [-0.05, 0) is 40.0 Å². The highest BCUT2D eigenvalue weighted by atomic mass is 16.2. The Morgan fingerprint density at radius 1 is 1.57 bits per heavy atom. The number of nitrogens with one attached hydrogen (secondary N) is 1. The molecule has 1 aromatic rings. The van der Waals surface area contributed by atoms with Crippen molar-refractivity contribution in [2.24, 2.45) is 7.05 Å². The van der Waals surface area contributed by atoms with Gasteiger partial charge in [-0.2, -0.15) is 5.10 Å². The smallest absolute Gasteiger partial charge is 0.244 e. The Morgan fingerprint density at radius 2 is 2.33 bits per heavy atom. The van der Waals surface area contributed by atoms with Gasteiger partial charge in [-0.15, -0.1) is 0 Å². The van der Waals surface area contributed by atoms with Crippen molar-refractivity contribution >= 4 is 11.6 Å². The number of aromatic nitrogens is 2. The van der Waals surface area contributed by atoms with Gasteiger partial charge in [0.25, 0.3) is 0 Å². The molecule has 1 aliphatic heterocycles. The van der Waals surface area contributed by atoms with E-state index in [1.807, 2.05) is 18.1 Å². The molecule has 0 spiro atoms. The fourth-order valence-corrected chi connectivity index (χ4v) is 2.69. The Balaban J connectivity index is 1.85. The predicted octanol–water partition coefficient (Wildman–Crippen LogP) is 2.25. The summed E-state index contributed by atoms with van der Waals surface area (Å²) in [6.45, 7) is 7.15. The van der Waals surface area contributed by atoms with Crippen molar-refractivity contribution in [3.63, 3.8) is 0 Å². The summed E-state index contributed by atoms with van der Waals surface area (Å²) in [5, 5.41) is 7.60. The Bertz CT molecular complexity index is 516. The van der Waals surface area contributed by atoms with Crippen molar-refractivity contribution < 1.29 is 4.79 Å². The molecule has 5 nitrogen and oxygen atoms in total. The topological polar surface area (TPSA) is 50.2 Å². The second kappa shape index (κ2) is 6.89. The molecule has 1 amide bonds. The fourth-order valence-electron chi connectivity index (χ4n) is 2.69. The van der Waals surface area contributed by atoms with Gasteiger partial charge in [0.15, 0.2) is 0 Å². The zero-order valence-electron chi connectivity index (χ0n) is 13.5. The number of hydrogen-bond acceptors (Lipinski definition) is 3. The number of anilines is 1. The molecular weight excluding hydrogens is 264 g/mol. The molecule has 1 aromatic heterocycles. The van der Waals surface area contributed by atoms with Gasteiger partial charge in [-0.1, -0.05) is 11.6 Å². The van der Waals surface area contributed by atoms with Crippen LogP contribution in [0.1, 0.15) is 40.0 Å². The van der Waals surface area contributed by atoms with E-state index in [4.69, 9.17) is 0 Å².